The molecule has 2 aromatic carbocycles. The van der Waals surface area contributed by atoms with Crippen molar-refractivity contribution in [3.63, 3.8) is 0 Å². The van der Waals surface area contributed by atoms with Crippen molar-refractivity contribution in [3.05, 3.63) is 62.7 Å². The third kappa shape index (κ3) is 2.22. The van der Waals surface area contributed by atoms with Crippen molar-refractivity contribution < 1.29 is 4.92 Å². The predicted octanol–water partition coefficient (Wildman–Crippen LogP) is 4.53. The fourth-order valence-corrected chi connectivity index (χ4v) is 2.10. The maximum atomic E-state index is 10.8. The van der Waals surface area contributed by atoms with E-state index in [1.54, 1.807) is 13.0 Å². The highest BCUT2D eigenvalue weighted by atomic mass is 35.5. The molecule has 92 valence electrons. The third-order valence-corrected chi connectivity index (χ3v) is 3.40. The Labute approximate surface area is 110 Å². The topological polar surface area (TPSA) is 43.1 Å². The molecule has 0 unspecified atom stereocenters. The summed E-state index contributed by atoms with van der Waals surface area (Å²) in [5, 5.41) is 11.3. The van der Waals surface area contributed by atoms with Gasteiger partial charge < -0.3 is 0 Å². The van der Waals surface area contributed by atoms with Crippen LogP contribution in [0.15, 0.2) is 36.4 Å². The Kier molecular flexibility index (Phi) is 3.34. The van der Waals surface area contributed by atoms with E-state index in [0.29, 0.717) is 10.6 Å². The van der Waals surface area contributed by atoms with Crippen molar-refractivity contribution in [3.8, 4) is 11.1 Å². The van der Waals surface area contributed by atoms with Crippen molar-refractivity contribution in [2.45, 2.75) is 13.8 Å². The zero-order chi connectivity index (χ0) is 13.3. The summed E-state index contributed by atoms with van der Waals surface area (Å²) in [5.41, 5.74) is 3.49. The molecule has 0 aliphatic rings. The molecule has 0 atom stereocenters. The lowest BCUT2D eigenvalue weighted by Gasteiger charge is -2.08. The Morgan fingerprint density at radius 1 is 1.06 bits per heavy atom. The van der Waals surface area contributed by atoms with Crippen LogP contribution >= 0.6 is 11.6 Å². The van der Waals surface area contributed by atoms with Gasteiger partial charge in [-0.15, -0.1) is 0 Å². The van der Waals surface area contributed by atoms with E-state index in [1.165, 1.54) is 6.07 Å². The molecule has 4 heteroatoms. The van der Waals surface area contributed by atoms with E-state index in [-0.39, 0.29) is 5.69 Å². The lowest BCUT2D eigenvalue weighted by molar-refractivity contribution is -0.385. The molecule has 0 spiro atoms. The summed E-state index contributed by atoms with van der Waals surface area (Å²) >= 11 is 6.21. The average Bonchev–Trinajstić information content (AvgIpc) is 2.33. The van der Waals surface area contributed by atoms with Crippen LogP contribution in [0.25, 0.3) is 11.1 Å². The molecule has 0 N–H and O–H groups in total. The molecular weight excluding hydrogens is 250 g/mol. The summed E-state index contributed by atoms with van der Waals surface area (Å²) in [6.45, 7) is 3.67. The minimum atomic E-state index is -0.417. The van der Waals surface area contributed by atoms with Crippen LogP contribution < -0.4 is 0 Å². The number of nitro benzene ring substituents is 1. The summed E-state index contributed by atoms with van der Waals surface area (Å²) in [7, 11) is 0. The van der Waals surface area contributed by atoms with E-state index in [0.717, 1.165) is 16.7 Å². The van der Waals surface area contributed by atoms with Gasteiger partial charge in [-0.2, -0.15) is 0 Å². The summed E-state index contributed by atoms with van der Waals surface area (Å²) in [4.78, 5) is 10.4. The van der Waals surface area contributed by atoms with E-state index in [2.05, 4.69) is 0 Å². The molecule has 0 aliphatic heterocycles. The zero-order valence-electron chi connectivity index (χ0n) is 10.1. The highest BCUT2D eigenvalue weighted by molar-refractivity contribution is 6.34. The van der Waals surface area contributed by atoms with Crippen LogP contribution in [-0.4, -0.2) is 4.92 Å². The number of aryl methyl sites for hydroxylation is 1. The first-order chi connectivity index (χ1) is 8.50. The second-order valence-corrected chi connectivity index (χ2v) is 4.57. The normalized spacial score (nSPS) is 10.4. The Bertz CT molecular complexity index is 606. The maximum Gasteiger partial charge on any atom is 0.273 e. The highest BCUT2D eigenvalue weighted by Gasteiger charge is 2.16. The molecule has 2 rings (SSSR count). The van der Waals surface area contributed by atoms with E-state index >= 15 is 0 Å². The number of nitrogens with zero attached hydrogens (tertiary/aromatic N) is 1. The van der Waals surface area contributed by atoms with Gasteiger partial charge in [0.05, 0.1) is 9.95 Å². The second-order valence-electron chi connectivity index (χ2n) is 4.19. The van der Waals surface area contributed by atoms with E-state index in [1.807, 2.05) is 31.2 Å². The Morgan fingerprint density at radius 2 is 1.67 bits per heavy atom. The van der Waals surface area contributed by atoms with Gasteiger partial charge in [0.2, 0.25) is 0 Å². The summed E-state index contributed by atoms with van der Waals surface area (Å²) in [5.74, 6) is 0. The molecule has 0 radical (unpaired) electrons. The number of hydrogen-bond donors (Lipinski definition) is 0. The van der Waals surface area contributed by atoms with Gasteiger partial charge >= 0.3 is 0 Å². The Hall–Kier alpha value is -1.87. The van der Waals surface area contributed by atoms with Crippen LogP contribution in [0.3, 0.4) is 0 Å². The lowest BCUT2D eigenvalue weighted by atomic mass is 10.0. The van der Waals surface area contributed by atoms with E-state index in [9.17, 15) is 10.1 Å². The average molecular weight is 262 g/mol. The lowest BCUT2D eigenvalue weighted by Crippen LogP contribution is -1.93. The van der Waals surface area contributed by atoms with Gasteiger partial charge in [0.1, 0.15) is 0 Å². The van der Waals surface area contributed by atoms with Crippen molar-refractivity contribution in [2.24, 2.45) is 0 Å². The highest BCUT2D eigenvalue weighted by Crippen LogP contribution is 2.35. The van der Waals surface area contributed by atoms with Gasteiger partial charge in [-0.25, -0.2) is 0 Å². The van der Waals surface area contributed by atoms with Crippen molar-refractivity contribution in [2.75, 3.05) is 0 Å². The van der Waals surface area contributed by atoms with Crippen LogP contribution in [0.4, 0.5) is 5.69 Å². The first-order valence-corrected chi connectivity index (χ1v) is 5.89. The third-order valence-electron chi connectivity index (χ3n) is 2.92. The van der Waals surface area contributed by atoms with Gasteiger partial charge in [-0.3, -0.25) is 10.1 Å². The molecule has 0 saturated heterocycles. The standard InChI is InChI=1S/C14H12ClNO2/c1-9-3-5-11(6-4-9)12-7-8-13(16(17)18)10(2)14(12)15/h3-8H,1-2H3. The van der Waals surface area contributed by atoms with E-state index in [4.69, 9.17) is 11.6 Å². The van der Waals surface area contributed by atoms with Crippen molar-refractivity contribution >= 4 is 17.3 Å². The number of nitro groups is 1. The van der Waals surface area contributed by atoms with Crippen molar-refractivity contribution in [1.29, 1.82) is 0 Å². The molecular formula is C14H12ClNO2. The zero-order valence-corrected chi connectivity index (χ0v) is 10.9. The Morgan fingerprint density at radius 3 is 2.22 bits per heavy atom. The van der Waals surface area contributed by atoms with E-state index < -0.39 is 4.92 Å². The van der Waals surface area contributed by atoms with Gasteiger partial charge in [-0.05, 0) is 25.5 Å². The van der Waals surface area contributed by atoms with Gasteiger partial charge in [0.15, 0.2) is 0 Å². The number of halogens is 1. The molecule has 3 nitrogen and oxygen atoms in total. The molecule has 0 aromatic heterocycles. The van der Waals surface area contributed by atoms with Gasteiger partial charge in [-0.1, -0.05) is 41.4 Å². The minimum absolute atomic E-state index is 0.0517. The van der Waals surface area contributed by atoms with Gasteiger partial charge in [0, 0.05) is 17.2 Å². The number of benzene rings is 2. The molecule has 2 aromatic rings. The second kappa shape index (κ2) is 4.78. The van der Waals surface area contributed by atoms with Crippen LogP contribution in [-0.2, 0) is 0 Å². The molecule has 0 saturated carbocycles. The smallest absolute Gasteiger partial charge is 0.258 e. The van der Waals surface area contributed by atoms with Crippen LogP contribution in [0.5, 0.6) is 0 Å². The summed E-state index contributed by atoms with van der Waals surface area (Å²) in [6, 6.07) is 11.1. The van der Waals surface area contributed by atoms with Crippen LogP contribution in [0, 0.1) is 24.0 Å². The molecule has 0 heterocycles. The molecule has 18 heavy (non-hydrogen) atoms. The molecule has 0 fully saturated rings. The molecule has 0 aliphatic carbocycles. The molecule has 0 amide bonds. The predicted molar refractivity (Wildman–Crippen MR) is 73.0 cm³/mol. The van der Waals surface area contributed by atoms with Crippen LogP contribution in [0.2, 0.25) is 5.02 Å². The van der Waals surface area contributed by atoms with Gasteiger partial charge in [0.25, 0.3) is 5.69 Å². The fraction of sp³-hybridized carbons (Fsp3) is 0.143. The Balaban J connectivity index is 2.57. The first kappa shape index (κ1) is 12.6. The summed E-state index contributed by atoms with van der Waals surface area (Å²) < 4.78 is 0. The number of rotatable bonds is 2. The minimum Gasteiger partial charge on any atom is -0.258 e. The SMILES string of the molecule is Cc1ccc(-c2ccc([N+](=O)[O-])c(C)c2Cl)cc1. The first-order valence-electron chi connectivity index (χ1n) is 5.51. The summed E-state index contributed by atoms with van der Waals surface area (Å²) in [6.07, 6.45) is 0. The fourth-order valence-electron chi connectivity index (χ4n) is 1.83. The maximum absolute atomic E-state index is 10.8. The van der Waals surface area contributed by atoms with Crippen LogP contribution in [0.1, 0.15) is 11.1 Å². The van der Waals surface area contributed by atoms with Crippen molar-refractivity contribution in [1.82, 2.24) is 0 Å². The largest absolute Gasteiger partial charge is 0.273 e. The monoisotopic (exact) mass is 261 g/mol. The molecule has 0 bridgehead atoms. The number of hydrogen-bond acceptors (Lipinski definition) is 2. The quantitative estimate of drug-likeness (QED) is 0.589.